The number of carbonyl (C=O) groups is 3. The molecule has 140 valence electrons. The minimum Gasteiger partial charge on any atom is -0.381 e. The summed E-state index contributed by atoms with van der Waals surface area (Å²) in [5, 5.41) is 11.3. The van der Waals surface area contributed by atoms with Crippen molar-refractivity contribution in [1.29, 1.82) is 0 Å². The van der Waals surface area contributed by atoms with Crippen molar-refractivity contribution in [2.24, 2.45) is 28.6 Å². The molecule has 0 saturated heterocycles. The van der Waals surface area contributed by atoms with Crippen LogP contribution in [0.5, 0.6) is 0 Å². The molecule has 6 atom stereocenters. The molecule has 4 rings (SSSR count). The van der Waals surface area contributed by atoms with Crippen LogP contribution in [-0.2, 0) is 14.4 Å². The Hall–Kier alpha value is -1.55. The molecule has 4 aliphatic carbocycles. The first-order valence-electron chi connectivity index (χ1n) is 9.90. The summed E-state index contributed by atoms with van der Waals surface area (Å²) in [5.74, 6) is 0.219. The summed E-state index contributed by atoms with van der Waals surface area (Å²) >= 11 is 0. The Morgan fingerprint density at radius 2 is 2.00 bits per heavy atom. The van der Waals surface area contributed by atoms with Crippen LogP contribution in [-0.4, -0.2) is 28.1 Å². The average Bonchev–Trinajstić information content (AvgIpc) is 2.86. The highest BCUT2D eigenvalue weighted by Crippen LogP contribution is 2.66. The molecule has 4 aliphatic rings. The maximum absolute atomic E-state index is 13.3. The highest BCUT2D eigenvalue weighted by molar-refractivity contribution is 6.02. The summed E-state index contributed by atoms with van der Waals surface area (Å²) in [6, 6.07) is 0. The fraction of sp³-hybridized carbons (Fsp3) is 0.682. The van der Waals surface area contributed by atoms with Crippen molar-refractivity contribution in [3.8, 4) is 0 Å². The smallest absolute Gasteiger partial charge is 0.178 e. The van der Waals surface area contributed by atoms with Gasteiger partial charge in [-0.2, -0.15) is 0 Å². The normalized spacial score (nSPS) is 47.1. The van der Waals surface area contributed by atoms with Gasteiger partial charge in [0.15, 0.2) is 11.6 Å². The molecular weight excluding hydrogens is 328 g/mol. The van der Waals surface area contributed by atoms with Gasteiger partial charge in [0.25, 0.3) is 0 Å². The zero-order chi connectivity index (χ0) is 18.9. The maximum atomic E-state index is 13.3. The Labute approximate surface area is 154 Å². The van der Waals surface area contributed by atoms with Crippen molar-refractivity contribution in [3.63, 3.8) is 0 Å². The van der Waals surface area contributed by atoms with Gasteiger partial charge in [-0.1, -0.05) is 32.4 Å². The monoisotopic (exact) mass is 356 g/mol. The summed E-state index contributed by atoms with van der Waals surface area (Å²) in [5.41, 5.74) is -1.36. The van der Waals surface area contributed by atoms with Crippen LogP contribution in [0.2, 0.25) is 0 Å². The topological polar surface area (TPSA) is 71.4 Å². The number of carbonyl (C=O) groups excluding carboxylic acids is 3. The Balaban J connectivity index is 1.76. The number of rotatable bonds is 2. The average molecular weight is 356 g/mol. The van der Waals surface area contributed by atoms with Gasteiger partial charge >= 0.3 is 0 Å². The van der Waals surface area contributed by atoms with Gasteiger partial charge in [-0.25, -0.2) is 0 Å². The zero-order valence-corrected chi connectivity index (χ0v) is 15.9. The van der Waals surface area contributed by atoms with E-state index in [4.69, 9.17) is 0 Å². The molecule has 26 heavy (non-hydrogen) atoms. The highest BCUT2D eigenvalue weighted by Gasteiger charge is 2.67. The second-order valence-corrected chi connectivity index (χ2v) is 9.21. The van der Waals surface area contributed by atoms with Crippen LogP contribution in [0, 0.1) is 28.6 Å². The molecule has 0 aromatic carbocycles. The van der Waals surface area contributed by atoms with Gasteiger partial charge in [0.2, 0.25) is 0 Å². The Morgan fingerprint density at radius 1 is 1.27 bits per heavy atom. The van der Waals surface area contributed by atoms with E-state index in [0.29, 0.717) is 12.8 Å². The maximum Gasteiger partial charge on any atom is 0.178 e. The number of Topliss-reactive ketones (excluding diaryl/α,β-unsaturated/α-hetero) is 2. The Kier molecular flexibility index (Phi) is 3.76. The molecule has 4 nitrogen and oxygen atoms in total. The standard InChI is InChI=1S/C22H28O4/c1-4-18(25)22(26)10-8-16-15-6-5-13-11-14(23)7-9-20(13,2)19(15)17(24)12-21(16,22)3/h7,9,11,15-16,19,26H,4-6,8,10,12H2,1-3H3/t15-,16-,19+,20-,21-,22-/m0/s1. The molecule has 4 heteroatoms. The van der Waals surface area contributed by atoms with E-state index < -0.39 is 16.4 Å². The van der Waals surface area contributed by atoms with E-state index in [-0.39, 0.29) is 41.5 Å². The zero-order valence-electron chi connectivity index (χ0n) is 15.9. The Morgan fingerprint density at radius 3 is 2.69 bits per heavy atom. The third-order valence-electron chi connectivity index (χ3n) is 8.19. The van der Waals surface area contributed by atoms with Gasteiger partial charge < -0.3 is 5.11 Å². The van der Waals surface area contributed by atoms with Crippen molar-refractivity contribution in [1.82, 2.24) is 0 Å². The molecule has 3 fully saturated rings. The number of hydrogen-bond acceptors (Lipinski definition) is 4. The van der Waals surface area contributed by atoms with Crippen LogP contribution in [0.3, 0.4) is 0 Å². The van der Waals surface area contributed by atoms with E-state index in [0.717, 1.165) is 24.8 Å². The molecule has 0 heterocycles. The highest BCUT2D eigenvalue weighted by atomic mass is 16.3. The van der Waals surface area contributed by atoms with Crippen molar-refractivity contribution in [2.45, 2.75) is 64.9 Å². The second kappa shape index (κ2) is 5.48. The SMILES string of the molecule is CCC(=O)[C@@]1(O)CC[C@H]2[C@@H]3CCC4=CC(=O)C=C[C@]4(C)[C@H]3C(=O)C[C@@]21C. The molecule has 0 spiro atoms. The van der Waals surface area contributed by atoms with Gasteiger partial charge in [0.1, 0.15) is 11.4 Å². The van der Waals surface area contributed by atoms with Gasteiger partial charge in [-0.3, -0.25) is 14.4 Å². The molecule has 0 bridgehead atoms. The quantitative estimate of drug-likeness (QED) is 0.825. The Bertz CT molecular complexity index is 762. The summed E-state index contributed by atoms with van der Waals surface area (Å²) in [4.78, 5) is 37.7. The number of fused-ring (bicyclic) bond motifs is 5. The van der Waals surface area contributed by atoms with E-state index >= 15 is 0 Å². The summed E-state index contributed by atoms with van der Waals surface area (Å²) in [6.45, 7) is 5.82. The third-order valence-corrected chi connectivity index (χ3v) is 8.19. The van der Waals surface area contributed by atoms with Gasteiger partial charge in [0, 0.05) is 29.6 Å². The van der Waals surface area contributed by atoms with Crippen LogP contribution in [0.4, 0.5) is 0 Å². The predicted octanol–water partition coefficient (Wildman–Crippen LogP) is 3.18. The minimum absolute atomic E-state index is 0.00723. The van der Waals surface area contributed by atoms with E-state index in [9.17, 15) is 19.5 Å². The van der Waals surface area contributed by atoms with Gasteiger partial charge in [-0.05, 0) is 49.7 Å². The van der Waals surface area contributed by atoms with E-state index in [1.807, 2.05) is 13.0 Å². The number of allylic oxidation sites excluding steroid dienone is 4. The summed E-state index contributed by atoms with van der Waals surface area (Å²) < 4.78 is 0. The van der Waals surface area contributed by atoms with Gasteiger partial charge in [0.05, 0.1) is 0 Å². The first-order valence-corrected chi connectivity index (χ1v) is 9.90. The number of hydrogen-bond donors (Lipinski definition) is 1. The van der Waals surface area contributed by atoms with E-state index in [1.54, 1.807) is 19.1 Å². The molecule has 0 amide bonds. The van der Waals surface area contributed by atoms with Crippen molar-refractivity contribution < 1.29 is 19.5 Å². The largest absolute Gasteiger partial charge is 0.381 e. The molecule has 0 radical (unpaired) electrons. The lowest BCUT2D eigenvalue weighted by molar-refractivity contribution is -0.166. The molecular formula is C22H28O4. The van der Waals surface area contributed by atoms with Crippen molar-refractivity contribution in [2.75, 3.05) is 0 Å². The fourth-order valence-corrected chi connectivity index (χ4v) is 6.78. The van der Waals surface area contributed by atoms with Crippen molar-refractivity contribution in [3.05, 3.63) is 23.8 Å². The lowest BCUT2D eigenvalue weighted by atomic mass is 9.46. The molecule has 0 aliphatic heterocycles. The van der Waals surface area contributed by atoms with Crippen LogP contribution in [0.15, 0.2) is 23.8 Å². The van der Waals surface area contributed by atoms with E-state index in [1.165, 1.54) is 0 Å². The summed E-state index contributed by atoms with van der Waals surface area (Å²) in [6.07, 6.45) is 8.73. The molecule has 3 saturated carbocycles. The molecule has 1 N–H and O–H groups in total. The number of ketones is 3. The van der Waals surface area contributed by atoms with Crippen molar-refractivity contribution >= 4 is 17.3 Å². The number of aliphatic hydroxyl groups is 1. The lowest BCUT2D eigenvalue weighted by Crippen LogP contribution is -2.60. The first kappa shape index (κ1) is 17.8. The first-order chi connectivity index (χ1) is 12.2. The lowest BCUT2D eigenvalue weighted by Gasteiger charge is -2.56. The third kappa shape index (κ3) is 2.02. The predicted molar refractivity (Wildman–Crippen MR) is 97.3 cm³/mol. The minimum atomic E-state index is -1.37. The summed E-state index contributed by atoms with van der Waals surface area (Å²) in [7, 11) is 0. The fourth-order valence-electron chi connectivity index (χ4n) is 6.78. The molecule has 0 aromatic rings. The van der Waals surface area contributed by atoms with Crippen LogP contribution < -0.4 is 0 Å². The van der Waals surface area contributed by atoms with Crippen LogP contribution in [0.25, 0.3) is 0 Å². The molecule has 0 aromatic heterocycles. The van der Waals surface area contributed by atoms with Crippen LogP contribution in [0.1, 0.15) is 59.3 Å². The molecule has 0 unspecified atom stereocenters. The van der Waals surface area contributed by atoms with E-state index in [2.05, 4.69) is 6.92 Å². The van der Waals surface area contributed by atoms with Crippen LogP contribution >= 0.6 is 0 Å². The second-order valence-electron chi connectivity index (χ2n) is 9.21. The van der Waals surface area contributed by atoms with Gasteiger partial charge in [-0.15, -0.1) is 0 Å².